The van der Waals surface area contributed by atoms with Crippen molar-refractivity contribution in [3.63, 3.8) is 0 Å². The Labute approximate surface area is 534 Å². The van der Waals surface area contributed by atoms with E-state index in [9.17, 15) is 0 Å². The van der Waals surface area contributed by atoms with E-state index in [1.165, 1.54) is 146 Å². The minimum Gasteiger partial charge on any atom is -0.354 e. The molecule has 0 atom stereocenters. The average molecular weight is 1180 g/mol. The first-order chi connectivity index (χ1) is 44.1. The Hall–Kier alpha value is -10.2. The van der Waals surface area contributed by atoms with Crippen molar-refractivity contribution in [1.82, 2.24) is 15.0 Å². The maximum atomic E-state index is 6.06. The summed E-state index contributed by atoms with van der Waals surface area (Å²) in [6.07, 6.45) is 4.61. The SMILES string of the molecule is CC(C)(C)c1cc(-c2c3[cH+]c4c(c(c5ccc([nH]5)c(-c5cc(C(C)(C)C)cc(C(C)(C)C)c5)c5cc6c7ccc8c9cccc%10cccc(c%11ccc(c(c%12nc2C=C%12)c6[nH]5)c7c8%11)c%109)c2ccc5c6cccc7cccc(c8ccc4c2c85)c76)N3)cc(C(C)(C)C)c1. The number of rotatable bonds is 2. The minimum atomic E-state index is -0.127. The maximum Gasteiger partial charge on any atom is 0.143 e. The number of nitrogens with zero attached hydrogens (tertiary/aromatic N) is 1. The lowest BCUT2D eigenvalue weighted by Gasteiger charge is -2.26. The van der Waals surface area contributed by atoms with Crippen molar-refractivity contribution < 1.29 is 0 Å². The summed E-state index contributed by atoms with van der Waals surface area (Å²) in [4.78, 5) is 14.7. The van der Waals surface area contributed by atoms with E-state index in [0.29, 0.717) is 0 Å². The molecule has 442 valence electrons. The Morgan fingerprint density at radius 1 is 0.315 bits per heavy atom. The van der Waals surface area contributed by atoms with Crippen molar-refractivity contribution >= 4 is 175 Å². The molecule has 14 aromatic carbocycles. The van der Waals surface area contributed by atoms with E-state index in [2.05, 4.69) is 293 Å². The lowest BCUT2D eigenvalue weighted by atomic mass is 9.78. The second kappa shape index (κ2) is 17.9. The molecular formula is C88H71N4+. The fourth-order valence-electron chi connectivity index (χ4n) is 16.6. The first-order valence-corrected chi connectivity index (χ1v) is 33.0. The molecule has 0 saturated heterocycles. The van der Waals surface area contributed by atoms with Crippen LogP contribution in [0.15, 0.2) is 182 Å². The molecule has 92 heavy (non-hydrogen) atoms. The number of nitrogens with one attached hydrogen (secondary N) is 3. The van der Waals surface area contributed by atoms with Crippen molar-refractivity contribution in [2.24, 2.45) is 0 Å². The quantitative estimate of drug-likeness (QED) is 0.0918. The van der Waals surface area contributed by atoms with Crippen molar-refractivity contribution in [2.75, 3.05) is 5.32 Å². The van der Waals surface area contributed by atoms with Crippen molar-refractivity contribution in [3.05, 3.63) is 216 Å². The van der Waals surface area contributed by atoms with Gasteiger partial charge in [0.1, 0.15) is 28.0 Å². The maximum absolute atomic E-state index is 6.06. The van der Waals surface area contributed by atoms with Gasteiger partial charge in [-0.3, -0.25) is 5.32 Å². The molecule has 2 aromatic heterocycles. The molecular weight excluding hydrogens is 1110 g/mol. The third-order valence-corrected chi connectivity index (χ3v) is 21.4. The topological polar surface area (TPSA) is 56.5 Å². The van der Waals surface area contributed by atoms with Crippen LogP contribution in [0.2, 0.25) is 0 Å². The predicted octanol–water partition coefficient (Wildman–Crippen LogP) is 25.2. The van der Waals surface area contributed by atoms with E-state index in [1.807, 2.05) is 0 Å². The van der Waals surface area contributed by atoms with Gasteiger partial charge in [0, 0.05) is 49.1 Å². The van der Waals surface area contributed by atoms with Crippen molar-refractivity contribution in [2.45, 2.75) is 105 Å². The van der Waals surface area contributed by atoms with Gasteiger partial charge in [-0.15, -0.1) is 0 Å². The zero-order valence-corrected chi connectivity index (χ0v) is 54.4. The van der Waals surface area contributed by atoms with Gasteiger partial charge in [0.05, 0.1) is 33.6 Å². The highest BCUT2D eigenvalue weighted by atomic mass is 14.9. The van der Waals surface area contributed by atoms with Crippen LogP contribution in [0.4, 0.5) is 11.4 Å². The third kappa shape index (κ3) is 7.35. The molecule has 0 radical (unpaired) electrons. The molecule has 0 saturated carbocycles. The molecule has 19 rings (SSSR count). The molecule has 3 N–H and O–H groups in total. The lowest BCUT2D eigenvalue weighted by Crippen LogP contribution is -2.16. The Kier molecular flexibility index (Phi) is 10.4. The van der Waals surface area contributed by atoms with Crippen LogP contribution < -0.4 is 5.32 Å². The number of hydrogen-bond donors (Lipinski definition) is 3. The Bertz CT molecular complexity index is 6190. The summed E-state index contributed by atoms with van der Waals surface area (Å²) in [7, 11) is 0. The smallest absolute Gasteiger partial charge is 0.143 e. The van der Waals surface area contributed by atoms with Gasteiger partial charge < -0.3 is 9.97 Å². The van der Waals surface area contributed by atoms with E-state index in [1.54, 1.807) is 0 Å². The zero-order chi connectivity index (χ0) is 62.5. The van der Waals surface area contributed by atoms with E-state index < -0.39 is 0 Å². The van der Waals surface area contributed by atoms with Crippen LogP contribution in [0.5, 0.6) is 0 Å². The molecule has 0 fully saturated rings. The standard InChI is InChI=1S/C88H71N4/c1-85(2,3)49-37-47(38-50(41-49)86(4,5)6)75-67-33-35-69(89-67)81-63-31-29-60-56-24-16-20-46-18-14-22-54(74(46)56)58-26-28-62(80(63)78(58)60)66-44-72(92-84(66)81)76(48-39-51(87(7,8)9)42-52(40-48)88(10,11)12)68-34-36-70(90-68)82-64-32-30-59-55-23-15-19-45-17-13-21-53(73(45)55)57-25-27-61(79(64)77(57)59)65-43-71(75)91-83(65)82/h13-44,89,91-92H,1-12H3/q+1. The normalized spacial score (nSPS) is 13.7. The molecule has 4 heteroatoms. The summed E-state index contributed by atoms with van der Waals surface area (Å²) in [5, 5.41) is 34.4. The molecule has 3 aliphatic rings. The second-order valence-corrected chi connectivity index (χ2v) is 31.1. The number of aromatic nitrogens is 3. The number of aromatic amines is 2. The van der Waals surface area contributed by atoms with Crippen LogP contribution in [-0.2, 0) is 21.7 Å². The van der Waals surface area contributed by atoms with Crippen molar-refractivity contribution in [1.29, 1.82) is 0 Å². The minimum absolute atomic E-state index is 0.121. The van der Waals surface area contributed by atoms with Gasteiger partial charge in [-0.05, 0) is 190 Å². The summed E-state index contributed by atoms with van der Waals surface area (Å²) < 4.78 is 0. The van der Waals surface area contributed by atoms with Crippen LogP contribution in [0.3, 0.4) is 0 Å². The summed E-state index contributed by atoms with van der Waals surface area (Å²) in [5.74, 6) is 0. The van der Waals surface area contributed by atoms with Crippen LogP contribution in [0.1, 0.15) is 117 Å². The highest BCUT2D eigenvalue weighted by Gasteiger charge is 2.33. The van der Waals surface area contributed by atoms with Gasteiger partial charge in [0.15, 0.2) is 0 Å². The Morgan fingerprint density at radius 3 is 1.22 bits per heavy atom. The average Bonchev–Trinajstić information content (AvgIpc) is 1.11. The molecule has 16 aromatic rings. The number of fused-ring (bicyclic) bond motifs is 16. The van der Waals surface area contributed by atoms with Crippen LogP contribution in [-0.4, -0.2) is 15.0 Å². The highest BCUT2D eigenvalue weighted by Crippen LogP contribution is 2.54. The van der Waals surface area contributed by atoms with Gasteiger partial charge >= 0.3 is 0 Å². The molecule has 4 nitrogen and oxygen atoms in total. The van der Waals surface area contributed by atoms with E-state index in [4.69, 9.17) is 4.98 Å². The number of benzene rings is 14. The van der Waals surface area contributed by atoms with E-state index in [-0.39, 0.29) is 21.7 Å². The zero-order valence-electron chi connectivity index (χ0n) is 54.4. The number of hydrogen-bond acceptors (Lipinski definition) is 2. The Balaban J connectivity index is 1.06. The summed E-state index contributed by atoms with van der Waals surface area (Å²) >= 11 is 0. The fourth-order valence-corrected chi connectivity index (χ4v) is 16.6. The van der Waals surface area contributed by atoms with Gasteiger partial charge in [-0.1, -0.05) is 217 Å². The van der Waals surface area contributed by atoms with Crippen LogP contribution in [0, 0.1) is 0 Å². The lowest BCUT2D eigenvalue weighted by molar-refractivity contribution is 0.568. The van der Waals surface area contributed by atoms with E-state index >= 15 is 0 Å². The van der Waals surface area contributed by atoms with Gasteiger partial charge in [0.2, 0.25) is 0 Å². The summed E-state index contributed by atoms with van der Waals surface area (Å²) in [6.45, 7) is 28.2. The van der Waals surface area contributed by atoms with Crippen LogP contribution in [0.25, 0.3) is 186 Å². The van der Waals surface area contributed by atoms with Crippen molar-refractivity contribution in [3.8, 4) is 22.3 Å². The largest absolute Gasteiger partial charge is 0.354 e. The summed E-state index contributed by atoms with van der Waals surface area (Å²) in [6, 6.07) is 70.9. The predicted molar refractivity (Wildman–Crippen MR) is 400 cm³/mol. The first kappa shape index (κ1) is 53.7. The fraction of sp³-hybridized carbons (Fsp3) is 0.182. The highest BCUT2D eigenvalue weighted by molar-refractivity contribution is 6.44. The molecule has 0 amide bonds. The molecule has 0 unspecified atom stereocenters. The molecule has 8 bridgehead atoms. The third-order valence-electron chi connectivity index (χ3n) is 21.4. The number of H-pyrrole nitrogens is 2. The van der Waals surface area contributed by atoms with Gasteiger partial charge in [-0.25, -0.2) is 4.98 Å². The second-order valence-electron chi connectivity index (χ2n) is 31.1. The van der Waals surface area contributed by atoms with Gasteiger partial charge in [-0.2, -0.15) is 0 Å². The summed E-state index contributed by atoms with van der Waals surface area (Å²) in [5.41, 5.74) is 17.4. The molecule has 0 aliphatic carbocycles. The first-order valence-electron chi connectivity index (χ1n) is 33.0. The molecule has 5 heterocycles. The number of anilines is 2. The Morgan fingerprint density at radius 2 is 0.717 bits per heavy atom. The van der Waals surface area contributed by atoms with Gasteiger partial charge in [0.25, 0.3) is 0 Å². The molecule has 0 spiro atoms. The molecule has 3 aliphatic heterocycles. The van der Waals surface area contributed by atoms with Crippen LogP contribution >= 0.6 is 0 Å². The monoisotopic (exact) mass is 1180 g/mol. The van der Waals surface area contributed by atoms with E-state index in [0.717, 1.165) is 72.3 Å².